The Morgan fingerprint density at radius 1 is 1.30 bits per heavy atom. The Morgan fingerprint density at radius 3 is 2.45 bits per heavy atom. The highest BCUT2D eigenvalue weighted by Crippen LogP contribution is 2.31. The van der Waals surface area contributed by atoms with Gasteiger partial charge < -0.3 is 10.1 Å². The van der Waals surface area contributed by atoms with Gasteiger partial charge in [0.25, 0.3) is 5.56 Å². The standard InChI is InChI=1S/C11H14N4O4S/c1-11(2,8(17)18)20-9-12-5-6(13-9)14(3)10(19)15(4)7(5)16/h1-4H3,(H,12,13)(H,17,18). The highest BCUT2D eigenvalue weighted by molar-refractivity contribution is 8.01. The van der Waals surface area contributed by atoms with Gasteiger partial charge in [0.1, 0.15) is 4.75 Å². The van der Waals surface area contributed by atoms with Crippen molar-refractivity contribution in [2.45, 2.75) is 23.8 Å². The lowest BCUT2D eigenvalue weighted by Crippen LogP contribution is -2.36. The second-order valence-electron chi connectivity index (χ2n) is 4.86. The molecule has 0 saturated carbocycles. The highest BCUT2D eigenvalue weighted by atomic mass is 32.2. The normalized spacial score (nSPS) is 12.0. The Bertz CT molecular complexity index is 814. The van der Waals surface area contributed by atoms with E-state index in [4.69, 9.17) is 5.11 Å². The molecule has 2 aromatic rings. The maximum Gasteiger partial charge on any atom is 0.332 e. The van der Waals surface area contributed by atoms with Crippen molar-refractivity contribution in [3.63, 3.8) is 0 Å². The van der Waals surface area contributed by atoms with Crippen LogP contribution in [0.2, 0.25) is 0 Å². The van der Waals surface area contributed by atoms with Gasteiger partial charge >= 0.3 is 11.7 Å². The van der Waals surface area contributed by atoms with Gasteiger partial charge in [-0.15, -0.1) is 0 Å². The fourth-order valence-corrected chi connectivity index (χ4v) is 2.49. The number of aromatic nitrogens is 4. The SMILES string of the molecule is Cn1c(=O)c2[nH]c(SC(C)(C)C(=O)O)nc2n(C)c1=O. The molecule has 2 heterocycles. The molecule has 0 saturated heterocycles. The molecule has 0 fully saturated rings. The monoisotopic (exact) mass is 298 g/mol. The van der Waals surface area contributed by atoms with Gasteiger partial charge in [0.2, 0.25) is 0 Å². The molecule has 9 heteroatoms. The first-order chi connectivity index (χ1) is 9.15. The van der Waals surface area contributed by atoms with E-state index in [-0.39, 0.29) is 16.3 Å². The van der Waals surface area contributed by atoms with Crippen molar-refractivity contribution in [2.24, 2.45) is 14.1 Å². The van der Waals surface area contributed by atoms with Crippen molar-refractivity contribution in [3.8, 4) is 0 Å². The van der Waals surface area contributed by atoms with Crippen LogP contribution >= 0.6 is 11.8 Å². The van der Waals surface area contributed by atoms with Gasteiger partial charge in [0, 0.05) is 14.1 Å². The number of aryl methyl sites for hydroxylation is 1. The number of carbonyl (C=O) groups is 1. The number of rotatable bonds is 3. The van der Waals surface area contributed by atoms with Crippen LogP contribution in [0, 0.1) is 0 Å². The number of carboxylic acid groups (broad SMARTS) is 1. The van der Waals surface area contributed by atoms with Gasteiger partial charge in [-0.25, -0.2) is 9.78 Å². The summed E-state index contributed by atoms with van der Waals surface area (Å²) in [5.41, 5.74) is -0.585. The number of hydrogen-bond donors (Lipinski definition) is 2. The third kappa shape index (κ3) is 2.13. The maximum absolute atomic E-state index is 12.0. The zero-order valence-electron chi connectivity index (χ0n) is 11.4. The topological polar surface area (TPSA) is 110 Å². The average molecular weight is 298 g/mol. The Morgan fingerprint density at radius 2 is 1.90 bits per heavy atom. The number of fused-ring (bicyclic) bond motifs is 1. The summed E-state index contributed by atoms with van der Waals surface area (Å²) in [5.74, 6) is -0.996. The first-order valence-electron chi connectivity index (χ1n) is 5.73. The van der Waals surface area contributed by atoms with Crippen LogP contribution in [0.25, 0.3) is 11.2 Å². The molecule has 0 aliphatic rings. The summed E-state index contributed by atoms with van der Waals surface area (Å²) in [6.07, 6.45) is 0. The maximum atomic E-state index is 12.0. The summed E-state index contributed by atoms with van der Waals surface area (Å²) in [4.78, 5) is 41.8. The van der Waals surface area contributed by atoms with Crippen molar-refractivity contribution >= 4 is 28.9 Å². The summed E-state index contributed by atoms with van der Waals surface area (Å²) in [6, 6.07) is 0. The molecule has 0 unspecified atom stereocenters. The fraction of sp³-hybridized carbons (Fsp3) is 0.455. The lowest BCUT2D eigenvalue weighted by Gasteiger charge is -2.15. The van der Waals surface area contributed by atoms with E-state index in [0.717, 1.165) is 16.3 Å². The summed E-state index contributed by atoms with van der Waals surface area (Å²) in [6.45, 7) is 3.06. The van der Waals surface area contributed by atoms with Crippen LogP contribution in [-0.2, 0) is 18.9 Å². The summed E-state index contributed by atoms with van der Waals surface area (Å²) >= 11 is 0.979. The van der Waals surface area contributed by atoms with E-state index < -0.39 is 22.0 Å². The number of aliphatic carboxylic acids is 1. The highest BCUT2D eigenvalue weighted by Gasteiger charge is 2.30. The zero-order valence-corrected chi connectivity index (χ0v) is 12.2. The van der Waals surface area contributed by atoms with Gasteiger partial charge in [-0.3, -0.25) is 18.7 Å². The Kier molecular flexibility index (Phi) is 3.24. The lowest BCUT2D eigenvalue weighted by molar-refractivity contribution is -0.138. The van der Waals surface area contributed by atoms with Gasteiger partial charge in [-0.1, -0.05) is 11.8 Å². The number of hydrogen-bond acceptors (Lipinski definition) is 5. The van der Waals surface area contributed by atoms with Crippen LogP contribution in [0.1, 0.15) is 13.8 Å². The number of imidazole rings is 1. The molecule has 2 aromatic heterocycles. The predicted molar refractivity (Wildman–Crippen MR) is 74.1 cm³/mol. The van der Waals surface area contributed by atoms with Crippen LogP contribution in [0.5, 0.6) is 0 Å². The third-order valence-electron chi connectivity index (χ3n) is 2.94. The smallest absolute Gasteiger partial charge is 0.332 e. The van der Waals surface area contributed by atoms with E-state index in [1.54, 1.807) is 0 Å². The van der Waals surface area contributed by atoms with Crippen molar-refractivity contribution in [2.75, 3.05) is 0 Å². The van der Waals surface area contributed by atoms with E-state index in [9.17, 15) is 14.4 Å². The molecule has 8 nitrogen and oxygen atoms in total. The number of aromatic amines is 1. The first-order valence-corrected chi connectivity index (χ1v) is 6.55. The Hall–Kier alpha value is -2.03. The number of carboxylic acids is 1. The second-order valence-corrected chi connectivity index (χ2v) is 6.48. The number of nitrogens with one attached hydrogen (secondary N) is 1. The van der Waals surface area contributed by atoms with Crippen LogP contribution in [-0.4, -0.2) is 34.9 Å². The first kappa shape index (κ1) is 14.4. The molecule has 0 spiro atoms. The minimum Gasteiger partial charge on any atom is -0.480 e. The van der Waals surface area contributed by atoms with E-state index >= 15 is 0 Å². The Balaban J connectivity index is 2.64. The van der Waals surface area contributed by atoms with Gasteiger partial charge in [-0.2, -0.15) is 0 Å². The van der Waals surface area contributed by atoms with Crippen molar-refractivity contribution in [3.05, 3.63) is 20.8 Å². The van der Waals surface area contributed by atoms with E-state index in [1.165, 1.54) is 32.5 Å². The minimum atomic E-state index is -1.10. The molecule has 0 amide bonds. The van der Waals surface area contributed by atoms with Crippen LogP contribution < -0.4 is 11.2 Å². The van der Waals surface area contributed by atoms with Gasteiger partial charge in [0.05, 0.1) is 0 Å². The molecule has 108 valence electrons. The van der Waals surface area contributed by atoms with Crippen molar-refractivity contribution < 1.29 is 9.90 Å². The number of nitrogens with zero attached hydrogens (tertiary/aromatic N) is 3. The summed E-state index contributed by atoms with van der Waals surface area (Å²) in [7, 11) is 2.88. The van der Waals surface area contributed by atoms with Crippen LogP contribution in [0.15, 0.2) is 14.7 Å². The van der Waals surface area contributed by atoms with E-state index in [2.05, 4.69) is 9.97 Å². The molecule has 0 bridgehead atoms. The number of thioether (sulfide) groups is 1. The zero-order chi connectivity index (χ0) is 15.2. The lowest BCUT2D eigenvalue weighted by atomic mass is 10.2. The van der Waals surface area contributed by atoms with Crippen molar-refractivity contribution in [1.82, 2.24) is 19.1 Å². The predicted octanol–water partition coefficient (Wildman–Crippen LogP) is -0.0844. The molecular formula is C11H14N4O4S. The molecular weight excluding hydrogens is 284 g/mol. The van der Waals surface area contributed by atoms with Crippen molar-refractivity contribution in [1.29, 1.82) is 0 Å². The van der Waals surface area contributed by atoms with Gasteiger partial charge in [0.15, 0.2) is 16.3 Å². The van der Waals surface area contributed by atoms with Crippen LogP contribution in [0.4, 0.5) is 0 Å². The summed E-state index contributed by atoms with van der Waals surface area (Å²) in [5, 5.41) is 9.37. The molecule has 0 aliphatic carbocycles. The molecule has 0 atom stereocenters. The number of H-pyrrole nitrogens is 1. The minimum absolute atomic E-state index is 0.179. The molecule has 2 N–H and O–H groups in total. The molecule has 0 aromatic carbocycles. The molecule has 2 rings (SSSR count). The third-order valence-corrected chi connectivity index (χ3v) is 4.01. The fourth-order valence-electron chi connectivity index (χ4n) is 1.64. The van der Waals surface area contributed by atoms with Crippen LogP contribution in [0.3, 0.4) is 0 Å². The largest absolute Gasteiger partial charge is 0.480 e. The quantitative estimate of drug-likeness (QED) is 0.767. The van der Waals surface area contributed by atoms with E-state index in [1.807, 2.05) is 0 Å². The molecule has 20 heavy (non-hydrogen) atoms. The second kappa shape index (κ2) is 4.51. The molecule has 0 aliphatic heterocycles. The Labute approximate surface area is 117 Å². The van der Waals surface area contributed by atoms with E-state index in [0.29, 0.717) is 0 Å². The van der Waals surface area contributed by atoms with Gasteiger partial charge in [-0.05, 0) is 13.8 Å². The molecule has 0 radical (unpaired) electrons. The average Bonchev–Trinajstić information content (AvgIpc) is 2.77. The summed E-state index contributed by atoms with van der Waals surface area (Å²) < 4.78 is 1.11.